The Balaban J connectivity index is 2.55. The van der Waals surface area contributed by atoms with E-state index in [-0.39, 0.29) is 12.2 Å². The summed E-state index contributed by atoms with van der Waals surface area (Å²) in [6.45, 7) is 7.04. The van der Waals surface area contributed by atoms with Crippen LogP contribution in [0.1, 0.15) is 46.0 Å². The second-order valence-electron chi connectivity index (χ2n) is 5.09. The Kier molecular flexibility index (Phi) is 4.54. The number of carbonyl (C=O) groups excluding carboxylic acids is 1. The van der Waals surface area contributed by atoms with Crippen molar-refractivity contribution in [3.05, 3.63) is 12.2 Å². The lowest BCUT2D eigenvalue weighted by atomic mass is 9.79. The van der Waals surface area contributed by atoms with Gasteiger partial charge in [0.25, 0.3) is 0 Å². The number of rotatable bonds is 4. The Labute approximate surface area is 97.5 Å². The van der Waals surface area contributed by atoms with Gasteiger partial charge in [-0.2, -0.15) is 0 Å². The normalized spacial score (nSPS) is 18.2. The average molecular weight is 226 g/mol. The van der Waals surface area contributed by atoms with Crippen molar-refractivity contribution in [2.24, 2.45) is 5.92 Å². The van der Waals surface area contributed by atoms with Crippen LogP contribution in [0.25, 0.3) is 0 Å². The van der Waals surface area contributed by atoms with E-state index < -0.39 is 11.6 Å². The van der Waals surface area contributed by atoms with E-state index in [0.717, 1.165) is 12.8 Å². The van der Waals surface area contributed by atoms with Gasteiger partial charge in [-0.05, 0) is 32.6 Å². The van der Waals surface area contributed by atoms with Crippen LogP contribution in [0, 0.1) is 5.92 Å². The summed E-state index contributed by atoms with van der Waals surface area (Å²) < 4.78 is 5.43. The van der Waals surface area contributed by atoms with Crippen molar-refractivity contribution in [3.63, 3.8) is 0 Å². The summed E-state index contributed by atoms with van der Waals surface area (Å²) in [6.07, 6.45) is 5.95. The minimum absolute atomic E-state index is 0.129. The molecule has 1 saturated carbocycles. The monoisotopic (exact) mass is 226 g/mol. The summed E-state index contributed by atoms with van der Waals surface area (Å²) in [6, 6.07) is 0. The van der Waals surface area contributed by atoms with Crippen molar-refractivity contribution in [2.75, 3.05) is 6.61 Å². The third-order valence-corrected chi connectivity index (χ3v) is 3.42. The van der Waals surface area contributed by atoms with Crippen LogP contribution >= 0.6 is 0 Å². The van der Waals surface area contributed by atoms with Crippen LogP contribution in [0.3, 0.4) is 0 Å². The van der Waals surface area contributed by atoms with Crippen LogP contribution in [0.2, 0.25) is 0 Å². The lowest BCUT2D eigenvalue weighted by molar-refractivity contribution is -0.158. The van der Waals surface area contributed by atoms with Crippen LogP contribution in [0.5, 0.6) is 0 Å². The summed E-state index contributed by atoms with van der Waals surface area (Å²) in [7, 11) is 0. The fraction of sp³-hybridized carbons (Fsp3) is 0.769. The van der Waals surface area contributed by atoms with E-state index in [0.29, 0.717) is 5.92 Å². The molecule has 1 rings (SSSR count). The zero-order valence-electron chi connectivity index (χ0n) is 10.3. The number of aliphatic hydroxyl groups is 1. The molecular formula is C13H22O3. The number of carbonyl (C=O) groups is 1. The summed E-state index contributed by atoms with van der Waals surface area (Å²) >= 11 is 0. The molecule has 0 aromatic rings. The molecule has 0 atom stereocenters. The van der Waals surface area contributed by atoms with Crippen LogP contribution < -0.4 is 0 Å². The van der Waals surface area contributed by atoms with E-state index in [1.54, 1.807) is 0 Å². The van der Waals surface area contributed by atoms with Gasteiger partial charge in [0.2, 0.25) is 0 Å². The van der Waals surface area contributed by atoms with Crippen LogP contribution in [0.15, 0.2) is 12.2 Å². The summed E-state index contributed by atoms with van der Waals surface area (Å²) in [5, 5.41) is 8.81. The molecule has 0 heterocycles. The Morgan fingerprint density at radius 2 is 1.94 bits per heavy atom. The van der Waals surface area contributed by atoms with Crippen LogP contribution in [-0.4, -0.2) is 23.3 Å². The van der Waals surface area contributed by atoms with Gasteiger partial charge in [-0.1, -0.05) is 25.8 Å². The molecule has 0 amide bonds. The molecule has 92 valence electrons. The third kappa shape index (κ3) is 3.34. The molecular weight excluding hydrogens is 204 g/mol. The number of ether oxygens (including phenoxy) is 1. The van der Waals surface area contributed by atoms with Gasteiger partial charge in [-0.25, -0.2) is 4.79 Å². The van der Waals surface area contributed by atoms with Gasteiger partial charge in [0.1, 0.15) is 5.60 Å². The van der Waals surface area contributed by atoms with E-state index in [9.17, 15) is 4.79 Å². The minimum Gasteiger partial charge on any atom is -0.456 e. The standard InChI is InChI=1S/C13H22O3/c1-10(9-14)12(15)16-13(2,3)11-7-5-4-6-8-11/h11,14H,1,4-9H2,2-3H3. The highest BCUT2D eigenvalue weighted by Gasteiger charge is 2.34. The first-order valence-corrected chi connectivity index (χ1v) is 5.99. The number of esters is 1. The maximum absolute atomic E-state index is 11.6. The number of hydrogen-bond donors (Lipinski definition) is 1. The minimum atomic E-state index is -0.474. The van der Waals surface area contributed by atoms with Crippen molar-refractivity contribution in [3.8, 4) is 0 Å². The summed E-state index contributed by atoms with van der Waals surface area (Å²) in [5.41, 5.74) is -0.320. The van der Waals surface area contributed by atoms with Gasteiger partial charge in [0.15, 0.2) is 0 Å². The zero-order valence-corrected chi connectivity index (χ0v) is 10.3. The van der Waals surface area contributed by atoms with E-state index in [1.165, 1.54) is 19.3 Å². The second kappa shape index (κ2) is 5.48. The highest BCUT2D eigenvalue weighted by Crippen LogP contribution is 2.35. The van der Waals surface area contributed by atoms with Crippen molar-refractivity contribution in [1.29, 1.82) is 0 Å². The average Bonchev–Trinajstić information content (AvgIpc) is 2.28. The second-order valence-corrected chi connectivity index (χ2v) is 5.09. The quantitative estimate of drug-likeness (QED) is 0.591. The molecule has 3 nitrogen and oxygen atoms in total. The van der Waals surface area contributed by atoms with Crippen molar-refractivity contribution in [1.82, 2.24) is 0 Å². The highest BCUT2D eigenvalue weighted by atomic mass is 16.6. The van der Waals surface area contributed by atoms with Crippen molar-refractivity contribution < 1.29 is 14.6 Å². The maximum atomic E-state index is 11.6. The maximum Gasteiger partial charge on any atom is 0.336 e. The third-order valence-electron chi connectivity index (χ3n) is 3.42. The number of aliphatic hydroxyl groups excluding tert-OH is 1. The Hall–Kier alpha value is -0.830. The van der Waals surface area contributed by atoms with Crippen molar-refractivity contribution in [2.45, 2.75) is 51.6 Å². The molecule has 0 radical (unpaired) electrons. The molecule has 1 fully saturated rings. The van der Waals surface area contributed by atoms with Gasteiger partial charge in [-0.3, -0.25) is 0 Å². The van der Waals surface area contributed by atoms with E-state index in [4.69, 9.17) is 9.84 Å². The number of hydrogen-bond acceptors (Lipinski definition) is 3. The molecule has 0 bridgehead atoms. The fourth-order valence-corrected chi connectivity index (χ4v) is 2.26. The molecule has 16 heavy (non-hydrogen) atoms. The fourth-order valence-electron chi connectivity index (χ4n) is 2.26. The first-order chi connectivity index (χ1) is 7.47. The first-order valence-electron chi connectivity index (χ1n) is 5.99. The topological polar surface area (TPSA) is 46.5 Å². The molecule has 0 aliphatic heterocycles. The molecule has 0 aromatic heterocycles. The Bertz CT molecular complexity index is 262. The predicted molar refractivity (Wildman–Crippen MR) is 63.0 cm³/mol. The largest absolute Gasteiger partial charge is 0.456 e. The molecule has 1 N–H and O–H groups in total. The lowest BCUT2D eigenvalue weighted by Crippen LogP contribution is -2.38. The Morgan fingerprint density at radius 1 is 1.38 bits per heavy atom. The summed E-state index contributed by atoms with van der Waals surface area (Å²) in [5.74, 6) is -0.0465. The van der Waals surface area contributed by atoms with Gasteiger partial charge >= 0.3 is 5.97 Å². The Morgan fingerprint density at radius 3 is 2.44 bits per heavy atom. The van der Waals surface area contributed by atoms with Crippen molar-refractivity contribution >= 4 is 5.97 Å². The first kappa shape index (κ1) is 13.2. The molecule has 0 aromatic carbocycles. The lowest BCUT2D eigenvalue weighted by Gasteiger charge is -2.36. The van der Waals surface area contributed by atoms with Gasteiger partial charge in [-0.15, -0.1) is 0 Å². The smallest absolute Gasteiger partial charge is 0.336 e. The molecule has 3 heteroatoms. The van der Waals surface area contributed by atoms with Gasteiger partial charge in [0, 0.05) is 0 Å². The molecule has 1 aliphatic rings. The van der Waals surface area contributed by atoms with Gasteiger partial charge in [0.05, 0.1) is 12.2 Å². The molecule has 0 unspecified atom stereocenters. The summed E-state index contributed by atoms with van der Waals surface area (Å²) in [4.78, 5) is 11.6. The van der Waals surface area contributed by atoms with Crippen LogP contribution in [-0.2, 0) is 9.53 Å². The van der Waals surface area contributed by atoms with Gasteiger partial charge < -0.3 is 9.84 Å². The predicted octanol–water partition coefficient (Wildman–Crippen LogP) is 2.44. The SMILES string of the molecule is C=C(CO)C(=O)OC(C)(C)C1CCCCC1. The van der Waals surface area contributed by atoms with E-state index >= 15 is 0 Å². The molecule has 1 aliphatic carbocycles. The highest BCUT2D eigenvalue weighted by molar-refractivity contribution is 5.88. The molecule has 0 spiro atoms. The van der Waals surface area contributed by atoms with Crippen LogP contribution in [0.4, 0.5) is 0 Å². The van der Waals surface area contributed by atoms with E-state index in [2.05, 4.69) is 6.58 Å². The zero-order chi connectivity index (χ0) is 12.2. The van der Waals surface area contributed by atoms with E-state index in [1.807, 2.05) is 13.8 Å². The molecule has 0 saturated heterocycles.